The molecule has 4 heteroatoms. The average Bonchev–Trinajstić information content (AvgIpc) is 2.30. The summed E-state index contributed by atoms with van der Waals surface area (Å²) in [4.78, 5) is 0. The number of nitrogens with zero attached hydrogens (tertiary/aromatic N) is 1. The molecule has 0 unspecified atom stereocenters. The molecule has 0 saturated carbocycles. The summed E-state index contributed by atoms with van der Waals surface area (Å²) in [6.07, 6.45) is 2.01. The van der Waals surface area contributed by atoms with E-state index in [0.29, 0.717) is 18.6 Å². The Labute approximate surface area is 99.6 Å². The summed E-state index contributed by atoms with van der Waals surface area (Å²) in [6.45, 7) is 0.409. The highest BCUT2D eigenvalue weighted by Gasteiger charge is 2.08. The van der Waals surface area contributed by atoms with Crippen LogP contribution in [0.4, 0.5) is 4.39 Å². The van der Waals surface area contributed by atoms with Gasteiger partial charge in [0.1, 0.15) is 0 Å². The minimum absolute atomic E-state index is 0.227. The van der Waals surface area contributed by atoms with Crippen LogP contribution in [-0.2, 0) is 5.88 Å². The van der Waals surface area contributed by atoms with Gasteiger partial charge in [0.05, 0.1) is 18.6 Å². The molecule has 0 saturated heterocycles. The van der Waals surface area contributed by atoms with Gasteiger partial charge in [-0.25, -0.2) is 4.39 Å². The van der Waals surface area contributed by atoms with Crippen molar-refractivity contribution in [2.24, 2.45) is 0 Å². The largest absolute Gasteiger partial charge is 0.490 e. The first-order valence-electron chi connectivity index (χ1n) is 5.12. The van der Waals surface area contributed by atoms with Gasteiger partial charge < -0.3 is 4.74 Å². The molecule has 1 rings (SSSR count). The normalized spacial score (nSPS) is 9.81. The van der Waals surface area contributed by atoms with E-state index in [4.69, 9.17) is 21.6 Å². The Bertz CT molecular complexity index is 376. The molecule has 0 heterocycles. The predicted octanol–water partition coefficient (Wildman–Crippen LogP) is 3.64. The Balaban J connectivity index is 2.50. The Morgan fingerprint density at radius 2 is 2.19 bits per heavy atom. The number of ether oxygens (including phenoxy) is 1. The fourth-order valence-electron chi connectivity index (χ4n) is 1.30. The Morgan fingerprint density at radius 1 is 1.38 bits per heavy atom. The standard InChI is InChI=1S/C12H13ClFNO/c13-9-10-5-4-6-11(14)12(10)16-8-3-1-2-7-15/h4-6H,1-3,8-9H2. The van der Waals surface area contributed by atoms with Gasteiger partial charge in [0.15, 0.2) is 11.6 Å². The van der Waals surface area contributed by atoms with E-state index in [2.05, 4.69) is 0 Å². The van der Waals surface area contributed by atoms with Gasteiger partial charge >= 0.3 is 0 Å². The van der Waals surface area contributed by atoms with Crippen molar-refractivity contribution in [3.05, 3.63) is 29.6 Å². The first-order valence-corrected chi connectivity index (χ1v) is 5.66. The topological polar surface area (TPSA) is 33.0 Å². The minimum atomic E-state index is -0.390. The smallest absolute Gasteiger partial charge is 0.165 e. The van der Waals surface area contributed by atoms with Crippen LogP contribution in [0.5, 0.6) is 5.75 Å². The summed E-state index contributed by atoms with van der Waals surface area (Å²) < 4.78 is 18.7. The summed E-state index contributed by atoms with van der Waals surface area (Å²) in [6, 6.07) is 6.74. The predicted molar refractivity (Wildman–Crippen MR) is 60.9 cm³/mol. The summed E-state index contributed by atoms with van der Waals surface area (Å²) >= 11 is 5.68. The molecule has 0 aliphatic rings. The van der Waals surface area contributed by atoms with Crippen LogP contribution in [0.25, 0.3) is 0 Å². The molecule has 0 atom stereocenters. The number of rotatable bonds is 6. The van der Waals surface area contributed by atoms with Gasteiger partial charge in [0.25, 0.3) is 0 Å². The lowest BCUT2D eigenvalue weighted by Gasteiger charge is -2.10. The fourth-order valence-corrected chi connectivity index (χ4v) is 1.51. The lowest BCUT2D eigenvalue weighted by molar-refractivity contribution is 0.290. The second-order valence-electron chi connectivity index (χ2n) is 3.33. The molecule has 0 aromatic heterocycles. The molecule has 86 valence electrons. The molecular formula is C12H13ClFNO. The Morgan fingerprint density at radius 3 is 2.88 bits per heavy atom. The molecule has 16 heavy (non-hydrogen) atoms. The third-order valence-electron chi connectivity index (χ3n) is 2.12. The number of benzene rings is 1. The number of hydrogen-bond acceptors (Lipinski definition) is 2. The van der Waals surface area contributed by atoms with E-state index in [-0.39, 0.29) is 11.6 Å². The van der Waals surface area contributed by atoms with E-state index >= 15 is 0 Å². The van der Waals surface area contributed by atoms with Gasteiger partial charge in [-0.05, 0) is 18.9 Å². The second-order valence-corrected chi connectivity index (χ2v) is 3.59. The van der Waals surface area contributed by atoms with E-state index in [1.807, 2.05) is 6.07 Å². The van der Waals surface area contributed by atoms with Gasteiger partial charge in [0, 0.05) is 12.0 Å². The van der Waals surface area contributed by atoms with Crippen LogP contribution in [0, 0.1) is 17.1 Å². The molecule has 0 fully saturated rings. The molecule has 0 N–H and O–H groups in total. The molecule has 0 bridgehead atoms. The van der Waals surface area contributed by atoms with E-state index in [1.165, 1.54) is 6.07 Å². The van der Waals surface area contributed by atoms with E-state index in [0.717, 1.165) is 12.8 Å². The van der Waals surface area contributed by atoms with Gasteiger partial charge in [-0.15, -0.1) is 11.6 Å². The van der Waals surface area contributed by atoms with Gasteiger partial charge in [-0.3, -0.25) is 0 Å². The molecule has 0 aliphatic carbocycles. The number of halogens is 2. The summed E-state index contributed by atoms with van der Waals surface area (Å²) in [5, 5.41) is 8.34. The van der Waals surface area contributed by atoms with Gasteiger partial charge in [0.2, 0.25) is 0 Å². The second kappa shape index (κ2) is 7.08. The first kappa shape index (κ1) is 12.8. The Hall–Kier alpha value is -1.27. The zero-order valence-corrected chi connectivity index (χ0v) is 9.63. The highest BCUT2D eigenvalue weighted by molar-refractivity contribution is 6.17. The van der Waals surface area contributed by atoms with Crippen molar-refractivity contribution >= 4 is 11.6 Å². The molecular weight excluding hydrogens is 229 g/mol. The van der Waals surface area contributed by atoms with Crippen molar-refractivity contribution in [3.63, 3.8) is 0 Å². The maximum Gasteiger partial charge on any atom is 0.165 e. The SMILES string of the molecule is N#CCCCCOc1c(F)cccc1CCl. The maximum atomic E-state index is 13.4. The van der Waals surface area contributed by atoms with Crippen LogP contribution in [0.15, 0.2) is 18.2 Å². The fraction of sp³-hybridized carbons (Fsp3) is 0.417. The van der Waals surface area contributed by atoms with Crippen LogP contribution in [0.3, 0.4) is 0 Å². The number of nitriles is 1. The van der Waals surface area contributed by atoms with E-state index < -0.39 is 5.82 Å². The first-order chi connectivity index (χ1) is 7.79. The summed E-state index contributed by atoms with van der Waals surface area (Å²) in [7, 11) is 0. The van der Waals surface area contributed by atoms with Crippen molar-refractivity contribution in [1.82, 2.24) is 0 Å². The molecule has 0 radical (unpaired) electrons. The maximum absolute atomic E-state index is 13.4. The van der Waals surface area contributed by atoms with Crippen LogP contribution < -0.4 is 4.74 Å². The summed E-state index contributed by atoms with van der Waals surface area (Å²) in [5.41, 5.74) is 0.655. The Kier molecular flexibility index (Phi) is 5.66. The third kappa shape index (κ3) is 3.71. The highest BCUT2D eigenvalue weighted by atomic mass is 35.5. The van der Waals surface area contributed by atoms with Crippen molar-refractivity contribution in [1.29, 1.82) is 5.26 Å². The van der Waals surface area contributed by atoms with Crippen LogP contribution in [0.2, 0.25) is 0 Å². The molecule has 1 aromatic rings. The average molecular weight is 242 g/mol. The molecule has 0 amide bonds. The van der Waals surface area contributed by atoms with Crippen LogP contribution >= 0.6 is 11.6 Å². The summed E-state index contributed by atoms with van der Waals surface area (Å²) in [5.74, 6) is 0.0681. The quantitative estimate of drug-likeness (QED) is 0.563. The highest BCUT2D eigenvalue weighted by Crippen LogP contribution is 2.24. The number of alkyl halides is 1. The van der Waals surface area contributed by atoms with E-state index in [9.17, 15) is 4.39 Å². The van der Waals surface area contributed by atoms with Crippen molar-refractivity contribution in [2.45, 2.75) is 25.1 Å². The zero-order chi connectivity index (χ0) is 11.8. The minimum Gasteiger partial charge on any atom is -0.490 e. The monoisotopic (exact) mass is 241 g/mol. The van der Waals surface area contributed by atoms with Crippen LogP contribution in [-0.4, -0.2) is 6.61 Å². The van der Waals surface area contributed by atoms with Crippen LogP contribution in [0.1, 0.15) is 24.8 Å². The number of hydrogen-bond donors (Lipinski definition) is 0. The molecule has 2 nitrogen and oxygen atoms in total. The van der Waals surface area contributed by atoms with Crippen molar-refractivity contribution in [3.8, 4) is 11.8 Å². The molecule has 1 aromatic carbocycles. The lowest BCUT2D eigenvalue weighted by atomic mass is 10.2. The molecule has 0 spiro atoms. The third-order valence-corrected chi connectivity index (χ3v) is 2.41. The van der Waals surface area contributed by atoms with Gasteiger partial charge in [-0.2, -0.15) is 5.26 Å². The van der Waals surface area contributed by atoms with Gasteiger partial charge in [-0.1, -0.05) is 12.1 Å². The molecule has 0 aliphatic heterocycles. The number of unbranched alkanes of at least 4 members (excludes halogenated alkanes) is 2. The van der Waals surface area contributed by atoms with E-state index in [1.54, 1.807) is 12.1 Å². The number of para-hydroxylation sites is 1. The van der Waals surface area contributed by atoms with Crippen molar-refractivity contribution in [2.75, 3.05) is 6.61 Å². The van der Waals surface area contributed by atoms with Crippen molar-refractivity contribution < 1.29 is 9.13 Å². The zero-order valence-electron chi connectivity index (χ0n) is 8.88. The lowest BCUT2D eigenvalue weighted by Crippen LogP contribution is -2.01.